The van der Waals surface area contributed by atoms with Crippen molar-refractivity contribution in [3.8, 4) is 5.75 Å². The van der Waals surface area contributed by atoms with Crippen molar-refractivity contribution < 1.29 is 14.7 Å². The Kier molecular flexibility index (Phi) is 2.64. The lowest BCUT2D eigenvalue weighted by molar-refractivity contribution is -0.124. The van der Waals surface area contributed by atoms with E-state index in [9.17, 15) is 14.7 Å². The molecule has 1 aromatic rings. The number of hydrogen-bond donors (Lipinski definition) is 1. The van der Waals surface area contributed by atoms with E-state index >= 15 is 0 Å². The lowest BCUT2D eigenvalue weighted by Crippen LogP contribution is -2.43. The highest BCUT2D eigenvalue weighted by Gasteiger charge is 2.27. The Labute approximate surface area is 90.9 Å². The summed E-state index contributed by atoms with van der Waals surface area (Å²) in [6.07, 6.45) is 0. The van der Waals surface area contributed by atoms with Crippen LogP contribution in [-0.2, 0) is 9.59 Å². The molecule has 0 bridgehead atoms. The van der Waals surface area contributed by atoms with E-state index in [2.05, 4.69) is 0 Å². The Morgan fingerprint density at radius 3 is 2.47 bits per heavy atom. The van der Waals surface area contributed by atoms with Crippen molar-refractivity contribution in [2.24, 2.45) is 0 Å². The molecule has 4 nitrogen and oxygen atoms in total. The van der Waals surface area contributed by atoms with Gasteiger partial charge in [0, 0.05) is 6.07 Å². The normalized spacial score (nSPS) is 16.9. The highest BCUT2D eigenvalue weighted by Crippen LogP contribution is 2.24. The quantitative estimate of drug-likeness (QED) is 0.721. The second-order valence-corrected chi connectivity index (χ2v) is 4.12. The second-order valence-electron chi connectivity index (χ2n) is 3.14. The van der Waals surface area contributed by atoms with Crippen molar-refractivity contribution in [3.63, 3.8) is 0 Å². The van der Waals surface area contributed by atoms with Crippen molar-refractivity contribution >= 4 is 29.3 Å². The maximum absolute atomic E-state index is 11.5. The number of thioether (sulfide) groups is 1. The zero-order chi connectivity index (χ0) is 10.8. The molecule has 1 aliphatic rings. The SMILES string of the molecule is O=C1CSCC(=O)N1c1cccc(O)c1. The maximum Gasteiger partial charge on any atom is 0.243 e. The minimum Gasteiger partial charge on any atom is -0.508 e. The number of phenols is 1. The monoisotopic (exact) mass is 223 g/mol. The number of hydrogen-bond acceptors (Lipinski definition) is 4. The molecule has 0 saturated carbocycles. The van der Waals surface area contributed by atoms with E-state index in [1.165, 1.54) is 23.9 Å². The highest BCUT2D eigenvalue weighted by molar-refractivity contribution is 8.00. The van der Waals surface area contributed by atoms with Crippen molar-refractivity contribution in [2.45, 2.75) is 0 Å². The molecule has 5 heteroatoms. The number of phenolic OH excluding ortho intramolecular Hbond substituents is 1. The molecular formula is C10H9NO3S. The third-order valence-corrected chi connectivity index (χ3v) is 2.94. The molecule has 1 heterocycles. The van der Waals surface area contributed by atoms with Gasteiger partial charge in [-0.2, -0.15) is 0 Å². The summed E-state index contributed by atoms with van der Waals surface area (Å²) >= 11 is 1.31. The number of nitrogens with zero attached hydrogens (tertiary/aromatic N) is 1. The van der Waals surface area contributed by atoms with Gasteiger partial charge < -0.3 is 5.11 Å². The summed E-state index contributed by atoms with van der Waals surface area (Å²) in [4.78, 5) is 24.2. The van der Waals surface area contributed by atoms with Crippen LogP contribution >= 0.6 is 11.8 Å². The van der Waals surface area contributed by atoms with Gasteiger partial charge in [-0.05, 0) is 12.1 Å². The second kappa shape index (κ2) is 3.94. The van der Waals surface area contributed by atoms with Crippen molar-refractivity contribution in [2.75, 3.05) is 16.4 Å². The Bertz CT molecular complexity index is 403. The van der Waals surface area contributed by atoms with Gasteiger partial charge in [-0.15, -0.1) is 11.8 Å². The first kappa shape index (κ1) is 10.0. The number of anilines is 1. The fraction of sp³-hybridized carbons (Fsp3) is 0.200. The van der Waals surface area contributed by atoms with Crippen LogP contribution in [0, 0.1) is 0 Å². The van der Waals surface area contributed by atoms with Gasteiger partial charge in [0.2, 0.25) is 11.8 Å². The smallest absolute Gasteiger partial charge is 0.243 e. The topological polar surface area (TPSA) is 57.6 Å². The minimum absolute atomic E-state index is 0.0475. The predicted octanol–water partition coefficient (Wildman–Crippen LogP) is 0.999. The average Bonchev–Trinajstić information content (AvgIpc) is 2.17. The lowest BCUT2D eigenvalue weighted by Gasteiger charge is -2.24. The van der Waals surface area contributed by atoms with Gasteiger partial charge in [0.15, 0.2) is 0 Å². The molecule has 0 radical (unpaired) electrons. The summed E-state index contributed by atoms with van der Waals surface area (Å²) in [6, 6.07) is 6.14. The van der Waals surface area contributed by atoms with Gasteiger partial charge in [0.1, 0.15) is 5.75 Å². The van der Waals surface area contributed by atoms with E-state index in [1.807, 2.05) is 0 Å². The Morgan fingerprint density at radius 2 is 1.87 bits per heavy atom. The number of amides is 2. The fourth-order valence-corrected chi connectivity index (χ4v) is 2.12. The molecule has 1 aromatic carbocycles. The molecular weight excluding hydrogens is 214 g/mol. The number of carbonyl (C=O) groups is 2. The first-order valence-electron chi connectivity index (χ1n) is 4.41. The van der Waals surface area contributed by atoms with Gasteiger partial charge in [0.05, 0.1) is 17.2 Å². The molecule has 0 aromatic heterocycles. The van der Waals surface area contributed by atoms with E-state index in [0.717, 1.165) is 4.90 Å². The number of rotatable bonds is 1. The minimum atomic E-state index is -0.234. The average molecular weight is 223 g/mol. The zero-order valence-corrected chi connectivity index (χ0v) is 8.66. The molecule has 0 aliphatic carbocycles. The van der Waals surface area contributed by atoms with Gasteiger partial charge in [-0.25, -0.2) is 4.90 Å². The van der Waals surface area contributed by atoms with E-state index < -0.39 is 0 Å². The molecule has 1 saturated heterocycles. The molecule has 78 valence electrons. The van der Waals surface area contributed by atoms with Crippen LogP contribution in [0.1, 0.15) is 0 Å². The van der Waals surface area contributed by atoms with Crippen LogP contribution in [0.15, 0.2) is 24.3 Å². The van der Waals surface area contributed by atoms with Crippen LogP contribution in [-0.4, -0.2) is 28.4 Å². The Balaban J connectivity index is 2.35. The van der Waals surface area contributed by atoms with Crippen LogP contribution in [0.5, 0.6) is 5.75 Å². The number of imide groups is 1. The largest absolute Gasteiger partial charge is 0.508 e. The van der Waals surface area contributed by atoms with E-state index in [0.29, 0.717) is 17.2 Å². The van der Waals surface area contributed by atoms with Crippen LogP contribution in [0.25, 0.3) is 0 Å². The van der Waals surface area contributed by atoms with Gasteiger partial charge >= 0.3 is 0 Å². The molecule has 15 heavy (non-hydrogen) atoms. The van der Waals surface area contributed by atoms with Crippen LogP contribution in [0.2, 0.25) is 0 Å². The molecule has 0 spiro atoms. The summed E-state index contributed by atoms with van der Waals surface area (Å²) in [5.41, 5.74) is 0.435. The van der Waals surface area contributed by atoms with Crippen LogP contribution < -0.4 is 4.90 Å². The molecule has 2 amide bonds. The van der Waals surface area contributed by atoms with Crippen LogP contribution in [0.4, 0.5) is 5.69 Å². The fourth-order valence-electron chi connectivity index (χ4n) is 1.41. The maximum atomic E-state index is 11.5. The molecule has 2 rings (SSSR count). The number of benzene rings is 1. The number of aromatic hydroxyl groups is 1. The summed E-state index contributed by atoms with van der Waals surface area (Å²) < 4.78 is 0. The van der Waals surface area contributed by atoms with Gasteiger partial charge in [-0.1, -0.05) is 6.07 Å². The van der Waals surface area contributed by atoms with Crippen molar-refractivity contribution in [1.82, 2.24) is 0 Å². The van der Waals surface area contributed by atoms with Crippen molar-refractivity contribution in [3.05, 3.63) is 24.3 Å². The van der Waals surface area contributed by atoms with E-state index in [4.69, 9.17) is 0 Å². The van der Waals surface area contributed by atoms with Gasteiger partial charge in [-0.3, -0.25) is 9.59 Å². The molecule has 0 unspecified atom stereocenters. The van der Waals surface area contributed by atoms with Crippen molar-refractivity contribution in [1.29, 1.82) is 0 Å². The third kappa shape index (κ3) is 1.97. The predicted molar refractivity (Wildman–Crippen MR) is 57.9 cm³/mol. The first-order chi connectivity index (χ1) is 7.18. The zero-order valence-electron chi connectivity index (χ0n) is 7.84. The Morgan fingerprint density at radius 1 is 1.20 bits per heavy atom. The summed E-state index contributed by atoms with van der Waals surface area (Å²) in [7, 11) is 0. The third-order valence-electron chi connectivity index (χ3n) is 2.04. The van der Waals surface area contributed by atoms with E-state index in [1.54, 1.807) is 12.1 Å². The first-order valence-corrected chi connectivity index (χ1v) is 5.56. The molecule has 1 aliphatic heterocycles. The molecule has 0 atom stereocenters. The number of carbonyl (C=O) groups excluding carboxylic acids is 2. The highest BCUT2D eigenvalue weighted by atomic mass is 32.2. The van der Waals surface area contributed by atoms with E-state index in [-0.39, 0.29) is 17.6 Å². The summed E-state index contributed by atoms with van der Waals surface area (Å²) in [6.45, 7) is 0. The Hall–Kier alpha value is -1.49. The molecule has 1 fully saturated rings. The van der Waals surface area contributed by atoms with Gasteiger partial charge in [0.25, 0.3) is 0 Å². The van der Waals surface area contributed by atoms with Crippen LogP contribution in [0.3, 0.4) is 0 Å². The standard InChI is InChI=1S/C10H9NO3S/c12-8-3-1-2-7(4-8)11-9(13)5-15-6-10(11)14/h1-4,12H,5-6H2. The summed E-state index contributed by atoms with van der Waals surface area (Å²) in [5.74, 6) is 0.193. The lowest BCUT2D eigenvalue weighted by atomic mass is 10.2. The molecule has 1 N–H and O–H groups in total. The summed E-state index contributed by atoms with van der Waals surface area (Å²) in [5, 5.41) is 9.26.